The van der Waals surface area contributed by atoms with E-state index in [1.807, 2.05) is 19.1 Å². The van der Waals surface area contributed by atoms with E-state index in [4.69, 9.17) is 5.26 Å². The van der Waals surface area contributed by atoms with Gasteiger partial charge in [0.05, 0.1) is 6.07 Å². The summed E-state index contributed by atoms with van der Waals surface area (Å²) in [6.45, 7) is 2.84. The maximum Gasteiger partial charge on any atom is 0.105 e. The third-order valence-corrected chi connectivity index (χ3v) is 3.40. The van der Waals surface area contributed by atoms with Crippen LogP contribution in [0.15, 0.2) is 33.6 Å². The van der Waals surface area contributed by atoms with Gasteiger partial charge < -0.3 is 5.32 Å². The maximum absolute atomic E-state index is 8.85. The number of hydrogen-bond acceptors (Lipinski definition) is 3. The molecular weight excluding hydrogens is 272 g/mol. The first kappa shape index (κ1) is 12.6. The molecule has 0 amide bonds. The molecule has 1 rings (SSSR count). The summed E-state index contributed by atoms with van der Waals surface area (Å²) in [5.41, 5.74) is 0. The zero-order chi connectivity index (χ0) is 11.1. The topological polar surface area (TPSA) is 35.8 Å². The van der Waals surface area contributed by atoms with Gasteiger partial charge in [-0.2, -0.15) is 5.26 Å². The fourth-order valence-corrected chi connectivity index (χ4v) is 2.61. The number of halogens is 1. The molecule has 0 bridgehead atoms. The van der Waals surface area contributed by atoms with Gasteiger partial charge in [-0.1, -0.05) is 28.9 Å². The molecule has 1 aromatic rings. The van der Waals surface area contributed by atoms with Crippen molar-refractivity contribution in [2.24, 2.45) is 0 Å². The molecule has 1 unspecified atom stereocenters. The van der Waals surface area contributed by atoms with Crippen LogP contribution in [0.25, 0.3) is 0 Å². The molecular formula is C11H13BrN2S. The van der Waals surface area contributed by atoms with Gasteiger partial charge in [0, 0.05) is 15.1 Å². The van der Waals surface area contributed by atoms with Crippen molar-refractivity contribution in [3.63, 3.8) is 0 Å². The molecule has 0 heterocycles. The van der Waals surface area contributed by atoms with Crippen LogP contribution in [-0.4, -0.2) is 18.3 Å². The summed E-state index contributed by atoms with van der Waals surface area (Å²) in [6.07, 6.45) is 0. The van der Waals surface area contributed by atoms with Crippen molar-refractivity contribution in [1.29, 1.82) is 5.26 Å². The lowest BCUT2D eigenvalue weighted by Crippen LogP contribution is -2.29. The predicted octanol–water partition coefficient (Wildman–Crippen LogP) is 3.04. The molecule has 0 aromatic heterocycles. The number of nitrogens with zero attached hydrogens (tertiary/aromatic N) is 1. The lowest BCUT2D eigenvalue weighted by atomic mass is 10.4. The summed E-state index contributed by atoms with van der Waals surface area (Å²) in [5.74, 6) is 0.779. The summed E-state index contributed by atoms with van der Waals surface area (Å²) < 4.78 is 1.07. The van der Waals surface area contributed by atoms with Gasteiger partial charge in [-0.05, 0) is 24.7 Å². The van der Waals surface area contributed by atoms with E-state index in [-0.39, 0.29) is 6.04 Å². The third kappa shape index (κ3) is 4.70. The molecule has 15 heavy (non-hydrogen) atoms. The van der Waals surface area contributed by atoms with E-state index in [1.54, 1.807) is 11.8 Å². The lowest BCUT2D eigenvalue weighted by molar-refractivity contribution is 0.677. The number of rotatable bonds is 5. The van der Waals surface area contributed by atoms with Crippen molar-refractivity contribution in [2.45, 2.75) is 17.9 Å². The van der Waals surface area contributed by atoms with E-state index < -0.39 is 0 Å². The summed E-state index contributed by atoms with van der Waals surface area (Å²) in [7, 11) is 0. The third-order valence-electron chi connectivity index (χ3n) is 1.82. The highest BCUT2D eigenvalue weighted by atomic mass is 79.9. The van der Waals surface area contributed by atoms with Gasteiger partial charge in [-0.25, -0.2) is 0 Å². The van der Waals surface area contributed by atoms with Gasteiger partial charge in [0.1, 0.15) is 6.04 Å². The Bertz CT molecular complexity index is 349. The highest BCUT2D eigenvalue weighted by Crippen LogP contribution is 2.22. The Hall–Kier alpha value is -0.500. The Morgan fingerprint density at radius 3 is 3.00 bits per heavy atom. The molecule has 0 spiro atoms. The zero-order valence-electron chi connectivity index (χ0n) is 8.53. The molecule has 0 aliphatic heterocycles. The van der Waals surface area contributed by atoms with Crippen LogP contribution in [-0.2, 0) is 0 Å². The quantitative estimate of drug-likeness (QED) is 0.845. The second-order valence-electron chi connectivity index (χ2n) is 3.01. The fraction of sp³-hybridized carbons (Fsp3) is 0.364. The highest BCUT2D eigenvalue weighted by Gasteiger charge is 2.05. The lowest BCUT2D eigenvalue weighted by Gasteiger charge is -2.08. The minimum Gasteiger partial charge on any atom is -0.302 e. The van der Waals surface area contributed by atoms with Crippen LogP contribution >= 0.6 is 27.7 Å². The Balaban J connectivity index is 2.46. The molecule has 0 saturated heterocycles. The number of nitriles is 1. The number of benzene rings is 1. The van der Waals surface area contributed by atoms with Gasteiger partial charge >= 0.3 is 0 Å². The predicted molar refractivity (Wildman–Crippen MR) is 67.9 cm³/mol. The summed E-state index contributed by atoms with van der Waals surface area (Å²) >= 11 is 5.12. The van der Waals surface area contributed by atoms with Crippen LogP contribution in [0.5, 0.6) is 0 Å². The van der Waals surface area contributed by atoms with Crippen molar-refractivity contribution in [3.8, 4) is 6.07 Å². The molecule has 1 N–H and O–H groups in total. The second-order valence-corrected chi connectivity index (χ2v) is 5.02. The average molecular weight is 285 g/mol. The SMILES string of the molecule is CCNC(C#N)CSc1cccc(Br)c1. The van der Waals surface area contributed by atoms with Gasteiger partial charge in [-0.3, -0.25) is 0 Å². The van der Waals surface area contributed by atoms with E-state index in [1.165, 1.54) is 4.90 Å². The molecule has 0 radical (unpaired) electrons. The fourth-order valence-electron chi connectivity index (χ4n) is 1.12. The smallest absolute Gasteiger partial charge is 0.105 e. The van der Waals surface area contributed by atoms with Gasteiger partial charge in [0.2, 0.25) is 0 Å². The monoisotopic (exact) mass is 284 g/mol. The molecule has 1 atom stereocenters. The number of hydrogen-bond donors (Lipinski definition) is 1. The van der Waals surface area contributed by atoms with Crippen LogP contribution < -0.4 is 5.32 Å². The van der Waals surface area contributed by atoms with Crippen molar-refractivity contribution < 1.29 is 0 Å². The molecule has 0 aliphatic carbocycles. The average Bonchev–Trinajstić information content (AvgIpc) is 2.24. The molecule has 0 fully saturated rings. The first-order valence-electron chi connectivity index (χ1n) is 4.77. The summed E-state index contributed by atoms with van der Waals surface area (Å²) in [4.78, 5) is 1.18. The van der Waals surface area contributed by atoms with Crippen LogP contribution in [0.1, 0.15) is 6.92 Å². The minimum atomic E-state index is -0.0704. The van der Waals surface area contributed by atoms with Crippen LogP contribution in [0.2, 0.25) is 0 Å². The normalized spacial score (nSPS) is 12.1. The second kappa shape index (κ2) is 6.89. The summed E-state index contributed by atoms with van der Waals surface area (Å²) in [5, 5.41) is 12.0. The maximum atomic E-state index is 8.85. The van der Waals surface area contributed by atoms with E-state index in [2.05, 4.69) is 39.4 Å². The molecule has 4 heteroatoms. The van der Waals surface area contributed by atoms with Crippen LogP contribution in [0.4, 0.5) is 0 Å². The zero-order valence-corrected chi connectivity index (χ0v) is 10.9. The van der Waals surface area contributed by atoms with Crippen LogP contribution in [0, 0.1) is 11.3 Å². The first-order chi connectivity index (χ1) is 7.26. The standard InChI is InChI=1S/C11H13BrN2S/c1-2-14-10(7-13)8-15-11-5-3-4-9(12)6-11/h3-6,10,14H,2,8H2,1H3. The number of thioether (sulfide) groups is 1. The van der Waals surface area contributed by atoms with E-state index in [0.29, 0.717) is 0 Å². The van der Waals surface area contributed by atoms with Crippen molar-refractivity contribution >= 4 is 27.7 Å². The van der Waals surface area contributed by atoms with E-state index in [0.717, 1.165) is 16.8 Å². The van der Waals surface area contributed by atoms with Gasteiger partial charge in [-0.15, -0.1) is 11.8 Å². The Labute approximate surface area is 103 Å². The Morgan fingerprint density at radius 2 is 2.40 bits per heavy atom. The molecule has 80 valence electrons. The molecule has 1 aromatic carbocycles. The van der Waals surface area contributed by atoms with Gasteiger partial charge in [0.25, 0.3) is 0 Å². The first-order valence-corrected chi connectivity index (χ1v) is 6.55. The van der Waals surface area contributed by atoms with Crippen molar-refractivity contribution in [1.82, 2.24) is 5.32 Å². The highest BCUT2D eigenvalue weighted by molar-refractivity contribution is 9.10. The minimum absolute atomic E-state index is 0.0704. The molecule has 0 aliphatic rings. The van der Waals surface area contributed by atoms with E-state index >= 15 is 0 Å². The largest absolute Gasteiger partial charge is 0.302 e. The summed E-state index contributed by atoms with van der Waals surface area (Å²) in [6, 6.07) is 10.3. The van der Waals surface area contributed by atoms with Crippen molar-refractivity contribution in [3.05, 3.63) is 28.7 Å². The Kier molecular flexibility index (Phi) is 5.77. The van der Waals surface area contributed by atoms with Crippen LogP contribution in [0.3, 0.4) is 0 Å². The van der Waals surface area contributed by atoms with E-state index in [9.17, 15) is 0 Å². The molecule has 0 saturated carbocycles. The number of nitrogens with one attached hydrogen (secondary N) is 1. The van der Waals surface area contributed by atoms with Crippen molar-refractivity contribution in [2.75, 3.05) is 12.3 Å². The Morgan fingerprint density at radius 1 is 1.60 bits per heavy atom. The van der Waals surface area contributed by atoms with Gasteiger partial charge in [0.15, 0.2) is 0 Å². The molecule has 2 nitrogen and oxygen atoms in total.